The zero-order chi connectivity index (χ0) is 20.1. The average molecular weight is 376 g/mol. The second kappa shape index (κ2) is 6.41. The number of rotatable bonds is 3. The van der Waals surface area contributed by atoms with Gasteiger partial charge in [0.1, 0.15) is 5.75 Å². The van der Waals surface area contributed by atoms with Gasteiger partial charge in [0.15, 0.2) is 0 Å². The molecule has 0 spiro atoms. The first-order valence-electron chi connectivity index (χ1n) is 9.19. The molecule has 6 nitrogen and oxygen atoms in total. The van der Waals surface area contributed by atoms with Crippen LogP contribution in [0.15, 0.2) is 48.9 Å². The van der Waals surface area contributed by atoms with Crippen LogP contribution in [0, 0.1) is 6.92 Å². The number of hydrogen-bond donors (Lipinski definition) is 1. The number of aryl methyl sites for hydroxylation is 1. The number of nitrogens with zero attached hydrogens (tertiary/aromatic N) is 4. The van der Waals surface area contributed by atoms with Gasteiger partial charge in [-0.2, -0.15) is 5.10 Å². The summed E-state index contributed by atoms with van der Waals surface area (Å²) in [5, 5.41) is 16.0. The first kappa shape index (κ1) is 18.1. The molecule has 0 saturated heterocycles. The van der Waals surface area contributed by atoms with Crippen LogP contribution in [0.25, 0.3) is 27.8 Å². The molecule has 3 heterocycles. The molecular formula is C22H24N4O2. The van der Waals surface area contributed by atoms with E-state index >= 15 is 0 Å². The molecule has 0 amide bonds. The molecule has 0 aliphatic rings. The van der Waals surface area contributed by atoms with Crippen LogP contribution in [0.1, 0.15) is 26.3 Å². The largest absolute Gasteiger partial charge is 0.497 e. The van der Waals surface area contributed by atoms with Crippen molar-refractivity contribution >= 4 is 10.9 Å². The SMILES string of the molecule is COc1cccc(-c2cc(C)c3c(O)n(-c4cnn(C(C)(C)C)c4)cc3n2)c1. The Balaban J connectivity index is 1.84. The lowest BCUT2D eigenvalue weighted by atomic mass is 10.1. The molecule has 0 atom stereocenters. The molecule has 0 saturated carbocycles. The Bertz CT molecular complexity index is 1170. The van der Waals surface area contributed by atoms with E-state index in [0.717, 1.165) is 39.2 Å². The second-order valence-corrected chi connectivity index (χ2v) is 7.95. The van der Waals surface area contributed by atoms with Crippen molar-refractivity contribution in [3.05, 3.63) is 54.5 Å². The summed E-state index contributed by atoms with van der Waals surface area (Å²) < 4.78 is 8.94. The molecule has 0 unspecified atom stereocenters. The molecule has 3 aromatic heterocycles. The smallest absolute Gasteiger partial charge is 0.205 e. The second-order valence-electron chi connectivity index (χ2n) is 7.95. The highest BCUT2D eigenvalue weighted by Gasteiger charge is 2.19. The van der Waals surface area contributed by atoms with Gasteiger partial charge in [-0.3, -0.25) is 9.25 Å². The molecule has 1 N–H and O–H groups in total. The summed E-state index contributed by atoms with van der Waals surface area (Å²) in [7, 11) is 1.65. The molecule has 0 radical (unpaired) electrons. The van der Waals surface area contributed by atoms with Crippen LogP contribution in [0.4, 0.5) is 0 Å². The number of methoxy groups -OCH3 is 1. The maximum Gasteiger partial charge on any atom is 0.205 e. The van der Waals surface area contributed by atoms with Gasteiger partial charge in [0.25, 0.3) is 0 Å². The Labute approximate surface area is 164 Å². The van der Waals surface area contributed by atoms with Crippen LogP contribution < -0.4 is 4.74 Å². The topological polar surface area (TPSA) is 65.1 Å². The Morgan fingerprint density at radius 3 is 2.57 bits per heavy atom. The van der Waals surface area contributed by atoms with E-state index in [9.17, 15) is 5.11 Å². The van der Waals surface area contributed by atoms with Crippen molar-refractivity contribution in [1.82, 2.24) is 19.3 Å². The van der Waals surface area contributed by atoms with E-state index in [2.05, 4.69) is 25.9 Å². The lowest BCUT2D eigenvalue weighted by Crippen LogP contribution is -2.21. The number of ether oxygens (including phenoxy) is 1. The van der Waals surface area contributed by atoms with Gasteiger partial charge in [0, 0.05) is 18.0 Å². The fraction of sp³-hybridized carbons (Fsp3) is 0.273. The Kier molecular flexibility index (Phi) is 4.14. The monoisotopic (exact) mass is 376 g/mol. The van der Waals surface area contributed by atoms with Gasteiger partial charge in [-0.1, -0.05) is 12.1 Å². The van der Waals surface area contributed by atoms with Crippen LogP contribution >= 0.6 is 0 Å². The third kappa shape index (κ3) is 3.01. The number of aromatic hydroxyl groups is 1. The Hall–Kier alpha value is -3.28. The van der Waals surface area contributed by atoms with Crippen LogP contribution in [0.2, 0.25) is 0 Å². The van der Waals surface area contributed by atoms with Crippen molar-refractivity contribution in [2.24, 2.45) is 0 Å². The minimum atomic E-state index is -0.131. The van der Waals surface area contributed by atoms with Crippen molar-refractivity contribution in [1.29, 1.82) is 0 Å². The van der Waals surface area contributed by atoms with Gasteiger partial charge in [0.2, 0.25) is 5.88 Å². The summed E-state index contributed by atoms with van der Waals surface area (Å²) in [5.74, 6) is 0.956. The van der Waals surface area contributed by atoms with Crippen LogP contribution in [0.5, 0.6) is 11.6 Å². The van der Waals surface area contributed by atoms with Crippen molar-refractivity contribution in [2.45, 2.75) is 33.2 Å². The number of hydrogen-bond acceptors (Lipinski definition) is 4. The molecule has 0 fully saturated rings. The quantitative estimate of drug-likeness (QED) is 0.564. The fourth-order valence-electron chi connectivity index (χ4n) is 3.32. The Morgan fingerprint density at radius 2 is 1.89 bits per heavy atom. The zero-order valence-electron chi connectivity index (χ0n) is 16.8. The molecule has 4 rings (SSSR count). The molecule has 144 valence electrons. The highest BCUT2D eigenvalue weighted by molar-refractivity contribution is 5.90. The third-order valence-corrected chi connectivity index (χ3v) is 4.85. The maximum absolute atomic E-state index is 10.8. The lowest BCUT2D eigenvalue weighted by molar-refractivity contribution is 0.355. The summed E-state index contributed by atoms with van der Waals surface area (Å²) in [5.41, 5.74) is 4.17. The fourth-order valence-corrected chi connectivity index (χ4v) is 3.32. The summed E-state index contributed by atoms with van der Waals surface area (Å²) >= 11 is 0. The van der Waals surface area contributed by atoms with Gasteiger partial charge in [0.05, 0.1) is 41.1 Å². The standard InChI is InChI=1S/C22H24N4O2/c1-14-9-18(15-7-6-8-17(10-15)28-5)24-19-13-25(21(27)20(14)19)16-11-23-26(12-16)22(2,3)4/h6-13,27H,1-5H3. The van der Waals surface area contributed by atoms with E-state index in [0.29, 0.717) is 0 Å². The van der Waals surface area contributed by atoms with E-state index in [4.69, 9.17) is 9.72 Å². The molecule has 0 aliphatic carbocycles. The van der Waals surface area contributed by atoms with Gasteiger partial charge in [-0.15, -0.1) is 0 Å². The number of aromatic nitrogens is 4. The van der Waals surface area contributed by atoms with Gasteiger partial charge in [-0.25, -0.2) is 4.98 Å². The minimum Gasteiger partial charge on any atom is -0.497 e. The molecule has 1 aromatic carbocycles. The summed E-state index contributed by atoms with van der Waals surface area (Å²) in [4.78, 5) is 4.78. The predicted molar refractivity (Wildman–Crippen MR) is 110 cm³/mol. The number of benzene rings is 1. The third-order valence-electron chi connectivity index (χ3n) is 4.85. The minimum absolute atomic E-state index is 0.131. The Morgan fingerprint density at radius 1 is 1.11 bits per heavy atom. The number of fused-ring (bicyclic) bond motifs is 1. The van der Waals surface area contributed by atoms with Gasteiger partial charge < -0.3 is 9.84 Å². The van der Waals surface area contributed by atoms with E-state index in [-0.39, 0.29) is 11.4 Å². The summed E-state index contributed by atoms with van der Waals surface area (Å²) in [6, 6.07) is 9.79. The van der Waals surface area contributed by atoms with Crippen LogP contribution in [-0.2, 0) is 5.54 Å². The van der Waals surface area contributed by atoms with Crippen molar-refractivity contribution in [2.75, 3.05) is 7.11 Å². The highest BCUT2D eigenvalue weighted by atomic mass is 16.5. The maximum atomic E-state index is 10.8. The van der Waals surface area contributed by atoms with Gasteiger partial charge >= 0.3 is 0 Å². The lowest BCUT2D eigenvalue weighted by Gasteiger charge is -2.18. The molecule has 0 bridgehead atoms. The van der Waals surface area contributed by atoms with E-state index in [1.54, 1.807) is 17.9 Å². The van der Waals surface area contributed by atoms with Crippen LogP contribution in [0.3, 0.4) is 0 Å². The highest BCUT2D eigenvalue weighted by Crippen LogP contribution is 2.34. The van der Waals surface area contributed by atoms with E-state index < -0.39 is 0 Å². The molecule has 0 aliphatic heterocycles. The zero-order valence-corrected chi connectivity index (χ0v) is 16.8. The average Bonchev–Trinajstić information content (AvgIpc) is 3.26. The van der Waals surface area contributed by atoms with Crippen molar-refractivity contribution < 1.29 is 9.84 Å². The van der Waals surface area contributed by atoms with Gasteiger partial charge in [-0.05, 0) is 51.5 Å². The summed E-state index contributed by atoms with van der Waals surface area (Å²) in [6.07, 6.45) is 5.53. The van der Waals surface area contributed by atoms with Crippen LogP contribution in [-0.4, -0.2) is 31.5 Å². The first-order valence-corrected chi connectivity index (χ1v) is 9.19. The predicted octanol–water partition coefficient (Wildman–Crippen LogP) is 4.67. The molecule has 28 heavy (non-hydrogen) atoms. The van der Waals surface area contributed by atoms with E-state index in [1.807, 2.05) is 54.3 Å². The molecular weight excluding hydrogens is 352 g/mol. The van der Waals surface area contributed by atoms with Crippen molar-refractivity contribution in [3.8, 4) is 28.6 Å². The van der Waals surface area contributed by atoms with Crippen molar-refractivity contribution in [3.63, 3.8) is 0 Å². The molecule has 6 heteroatoms. The van der Waals surface area contributed by atoms with E-state index in [1.165, 1.54) is 0 Å². The summed E-state index contributed by atoms with van der Waals surface area (Å²) in [6.45, 7) is 8.24. The number of pyridine rings is 1. The normalized spacial score (nSPS) is 11.9. The first-order chi connectivity index (χ1) is 13.3. The molecule has 4 aromatic rings.